The molecular formula is C32H51O10P. The molecule has 43 heavy (non-hydrogen) atoms. The highest BCUT2D eigenvalue weighted by molar-refractivity contribution is 7.48. The molecule has 0 amide bonds. The maximum absolute atomic E-state index is 12.7. The van der Waals surface area contributed by atoms with Crippen LogP contribution in [0.3, 0.4) is 0 Å². The lowest BCUT2D eigenvalue weighted by Crippen LogP contribution is -2.36. The van der Waals surface area contributed by atoms with Crippen LogP contribution in [0.5, 0.6) is 11.5 Å². The third-order valence-corrected chi connectivity index (χ3v) is 9.35. The molecule has 10 nitrogen and oxygen atoms in total. The predicted molar refractivity (Wildman–Crippen MR) is 163 cm³/mol. The molecule has 0 saturated carbocycles. The fourth-order valence-electron chi connectivity index (χ4n) is 5.78. The lowest BCUT2D eigenvalue weighted by atomic mass is 9.86. The van der Waals surface area contributed by atoms with Crippen LogP contribution in [0.4, 0.5) is 0 Å². The molecule has 0 saturated heterocycles. The number of carbonyl (C=O) groups excluding carboxylic acids is 1. The van der Waals surface area contributed by atoms with Crippen molar-refractivity contribution in [2.75, 3.05) is 6.61 Å². The van der Waals surface area contributed by atoms with Gasteiger partial charge in [0.1, 0.15) is 23.2 Å². The minimum Gasteiger partial charge on any atom is -0.499 e. The first kappa shape index (κ1) is 35.2. The summed E-state index contributed by atoms with van der Waals surface area (Å²) in [5.41, 5.74) is 0.526. The van der Waals surface area contributed by atoms with Crippen molar-refractivity contribution in [2.24, 2.45) is 17.8 Å². The second kappa shape index (κ2) is 15.6. The zero-order chi connectivity index (χ0) is 31.8. The second-order valence-electron chi connectivity index (χ2n) is 13.1. The Morgan fingerprint density at radius 2 is 1.65 bits per heavy atom. The first-order valence-electron chi connectivity index (χ1n) is 15.7. The van der Waals surface area contributed by atoms with E-state index in [1.54, 1.807) is 12.1 Å². The van der Waals surface area contributed by atoms with Gasteiger partial charge in [-0.15, -0.1) is 0 Å². The van der Waals surface area contributed by atoms with Crippen LogP contribution in [0.25, 0.3) is 0 Å². The fourth-order valence-corrected chi connectivity index (χ4v) is 6.64. The third kappa shape index (κ3) is 10.7. The Hall–Kier alpha value is -2.26. The van der Waals surface area contributed by atoms with Crippen molar-refractivity contribution in [2.45, 2.75) is 123 Å². The van der Waals surface area contributed by atoms with Crippen molar-refractivity contribution >= 4 is 13.8 Å². The number of benzene rings is 1. The highest BCUT2D eigenvalue weighted by Crippen LogP contribution is 2.49. The summed E-state index contributed by atoms with van der Waals surface area (Å²) in [5, 5.41) is 28.8. The SMILES string of the molecule is CC(C)CCCC(C)CCCC(C)CCCC1(C)CCc2cc(OP(=O)(O)OC3=C(O)C(=O)O[C@@H]3[C@@H](O)CO)ccc2O1. The summed E-state index contributed by atoms with van der Waals surface area (Å²) in [7, 11) is -4.91. The van der Waals surface area contributed by atoms with Gasteiger partial charge in [-0.2, -0.15) is 0 Å². The summed E-state index contributed by atoms with van der Waals surface area (Å²) in [4.78, 5) is 21.9. The first-order valence-corrected chi connectivity index (χ1v) is 17.2. The van der Waals surface area contributed by atoms with Gasteiger partial charge in [0.2, 0.25) is 11.5 Å². The highest BCUT2D eigenvalue weighted by Gasteiger charge is 2.44. The molecule has 0 bridgehead atoms. The van der Waals surface area contributed by atoms with Gasteiger partial charge in [0.05, 0.1) is 6.61 Å². The number of ether oxygens (including phenoxy) is 2. The largest absolute Gasteiger partial charge is 0.584 e. The Balaban J connectivity index is 1.46. The molecule has 2 aliphatic heterocycles. The molecule has 244 valence electrons. The Bertz CT molecular complexity index is 1150. The van der Waals surface area contributed by atoms with Gasteiger partial charge in [0.15, 0.2) is 6.10 Å². The summed E-state index contributed by atoms with van der Waals surface area (Å²) in [5.74, 6) is -0.109. The molecule has 1 aromatic carbocycles. The molecule has 2 aliphatic rings. The van der Waals surface area contributed by atoms with E-state index in [4.69, 9.17) is 23.6 Å². The van der Waals surface area contributed by atoms with E-state index in [0.29, 0.717) is 18.1 Å². The number of carbonyl (C=O) groups is 1. The van der Waals surface area contributed by atoms with Gasteiger partial charge >= 0.3 is 13.8 Å². The molecule has 0 radical (unpaired) electrons. The Kier molecular flexibility index (Phi) is 12.8. The number of phosphoric acid groups is 1. The van der Waals surface area contributed by atoms with E-state index in [1.165, 1.54) is 51.0 Å². The van der Waals surface area contributed by atoms with Crippen LogP contribution in [-0.2, 0) is 25.0 Å². The van der Waals surface area contributed by atoms with Crippen molar-refractivity contribution in [1.82, 2.24) is 0 Å². The van der Waals surface area contributed by atoms with Crippen molar-refractivity contribution < 1.29 is 48.1 Å². The second-order valence-corrected chi connectivity index (χ2v) is 14.4. The van der Waals surface area contributed by atoms with Crippen LogP contribution in [0.1, 0.15) is 104 Å². The molecule has 4 unspecified atom stereocenters. The lowest BCUT2D eigenvalue weighted by molar-refractivity contribution is -0.147. The number of esters is 1. The number of aliphatic hydroxyl groups is 3. The Labute approximate surface area is 256 Å². The number of aliphatic hydroxyl groups excluding tert-OH is 3. The van der Waals surface area contributed by atoms with E-state index in [0.717, 1.165) is 36.7 Å². The average Bonchev–Trinajstić information content (AvgIpc) is 3.20. The van der Waals surface area contributed by atoms with Crippen molar-refractivity contribution in [3.05, 3.63) is 35.3 Å². The van der Waals surface area contributed by atoms with Crippen molar-refractivity contribution in [3.63, 3.8) is 0 Å². The van der Waals surface area contributed by atoms with E-state index < -0.39 is 44.1 Å². The van der Waals surface area contributed by atoms with E-state index in [9.17, 15) is 24.5 Å². The number of fused-ring (bicyclic) bond motifs is 1. The molecule has 4 N–H and O–H groups in total. The monoisotopic (exact) mass is 626 g/mol. The lowest BCUT2D eigenvalue weighted by Gasteiger charge is -2.36. The van der Waals surface area contributed by atoms with E-state index in [-0.39, 0.29) is 11.4 Å². The van der Waals surface area contributed by atoms with Crippen LogP contribution in [0.2, 0.25) is 0 Å². The zero-order valence-corrected chi connectivity index (χ0v) is 27.2. The molecule has 3 rings (SSSR count). The first-order chi connectivity index (χ1) is 20.2. The molecule has 2 heterocycles. The predicted octanol–water partition coefficient (Wildman–Crippen LogP) is 6.75. The van der Waals surface area contributed by atoms with E-state index in [2.05, 4.69) is 34.6 Å². The van der Waals surface area contributed by atoms with Gasteiger partial charge < -0.3 is 33.8 Å². The van der Waals surface area contributed by atoms with Crippen molar-refractivity contribution in [1.29, 1.82) is 0 Å². The number of phosphoric ester groups is 1. The Morgan fingerprint density at radius 3 is 2.28 bits per heavy atom. The molecule has 0 spiro atoms. The van der Waals surface area contributed by atoms with Crippen LogP contribution in [-0.4, -0.2) is 50.6 Å². The highest BCUT2D eigenvalue weighted by atomic mass is 31.2. The maximum Gasteiger partial charge on any atom is 0.584 e. The van der Waals surface area contributed by atoms with Gasteiger partial charge in [-0.05, 0) is 74.1 Å². The quantitative estimate of drug-likeness (QED) is 0.102. The van der Waals surface area contributed by atoms with E-state index in [1.807, 2.05) is 0 Å². The fraction of sp³-hybridized carbons (Fsp3) is 0.719. The molecule has 6 atom stereocenters. The minimum atomic E-state index is -4.91. The van der Waals surface area contributed by atoms with Crippen LogP contribution in [0, 0.1) is 17.8 Å². The topological polar surface area (TPSA) is 152 Å². The number of cyclic esters (lactones) is 1. The number of hydrogen-bond donors (Lipinski definition) is 4. The van der Waals surface area contributed by atoms with Gasteiger partial charge in [-0.3, -0.25) is 4.89 Å². The molecule has 0 aromatic heterocycles. The standard InChI is InChI=1S/C32H51O10P/c1-21(2)9-6-10-22(3)11-7-12-23(4)13-8-17-32(5)18-16-24-19-25(14-15-27(24)40-32)41-43(37,38)42-30-28(35)31(36)39-29(30)26(34)20-33/h14-15,19,21-23,26,29,33-35H,6-13,16-18,20H2,1-5H3,(H,37,38)/t22?,23?,26-,29+,32?/m0/s1. The molecule has 11 heteroatoms. The number of aryl methyl sites for hydroxylation is 1. The van der Waals surface area contributed by atoms with Crippen LogP contribution >= 0.6 is 7.82 Å². The van der Waals surface area contributed by atoms with Crippen LogP contribution < -0.4 is 9.26 Å². The van der Waals surface area contributed by atoms with Crippen molar-refractivity contribution in [3.8, 4) is 11.5 Å². The smallest absolute Gasteiger partial charge is 0.499 e. The number of rotatable bonds is 18. The third-order valence-electron chi connectivity index (χ3n) is 8.48. The molecule has 0 fully saturated rings. The van der Waals surface area contributed by atoms with E-state index >= 15 is 0 Å². The molecular weight excluding hydrogens is 575 g/mol. The maximum atomic E-state index is 12.7. The Morgan fingerprint density at radius 1 is 1.02 bits per heavy atom. The zero-order valence-electron chi connectivity index (χ0n) is 26.3. The minimum absolute atomic E-state index is 0.0319. The summed E-state index contributed by atoms with van der Waals surface area (Å²) < 4.78 is 33.8. The normalized spacial score (nSPS) is 23.7. The molecule has 1 aromatic rings. The summed E-state index contributed by atoms with van der Waals surface area (Å²) >= 11 is 0. The number of hydrogen-bond acceptors (Lipinski definition) is 9. The van der Waals surface area contributed by atoms with Gasteiger partial charge in [0.25, 0.3) is 0 Å². The van der Waals surface area contributed by atoms with Gasteiger partial charge in [0, 0.05) is 0 Å². The van der Waals surface area contributed by atoms with Gasteiger partial charge in [-0.1, -0.05) is 72.6 Å². The summed E-state index contributed by atoms with van der Waals surface area (Å²) in [6.45, 7) is 10.6. The summed E-state index contributed by atoms with van der Waals surface area (Å²) in [6, 6.07) is 4.76. The van der Waals surface area contributed by atoms with Gasteiger partial charge in [-0.25, -0.2) is 9.36 Å². The molecule has 0 aliphatic carbocycles. The average molecular weight is 627 g/mol. The van der Waals surface area contributed by atoms with Crippen LogP contribution in [0.15, 0.2) is 29.7 Å². The summed E-state index contributed by atoms with van der Waals surface area (Å²) in [6.07, 6.45) is 9.24.